The number of carboxylic acid groups (broad SMARTS) is 1. The maximum Gasteiger partial charge on any atom is 0.339 e. The van der Waals surface area contributed by atoms with Gasteiger partial charge in [-0.15, -0.1) is 0 Å². The second kappa shape index (κ2) is 5.62. The van der Waals surface area contributed by atoms with Crippen LogP contribution in [0.25, 0.3) is 0 Å². The van der Waals surface area contributed by atoms with Gasteiger partial charge in [0.25, 0.3) is 0 Å². The van der Waals surface area contributed by atoms with Crippen LogP contribution in [0.5, 0.6) is 0 Å². The predicted molar refractivity (Wildman–Crippen MR) is 69.7 cm³/mol. The number of nitrogens with one attached hydrogen (secondary N) is 1. The van der Waals surface area contributed by atoms with E-state index in [1.807, 2.05) is 19.2 Å². The van der Waals surface area contributed by atoms with E-state index >= 15 is 0 Å². The van der Waals surface area contributed by atoms with E-state index in [1.54, 1.807) is 17.9 Å². The van der Waals surface area contributed by atoms with Crippen molar-refractivity contribution >= 4 is 5.97 Å². The smallest absolute Gasteiger partial charge is 0.339 e. The number of carboxylic acids is 1. The average Bonchev–Trinajstić information content (AvgIpc) is 2.74. The normalized spacial score (nSPS) is 10.6. The van der Waals surface area contributed by atoms with Crippen LogP contribution in [0.1, 0.15) is 27.2 Å². The van der Waals surface area contributed by atoms with Gasteiger partial charge in [-0.1, -0.05) is 0 Å². The van der Waals surface area contributed by atoms with Crippen molar-refractivity contribution in [2.24, 2.45) is 7.05 Å². The minimum absolute atomic E-state index is 0.237. The first-order valence-electron chi connectivity index (χ1n) is 5.94. The molecule has 6 nitrogen and oxygen atoms in total. The van der Waals surface area contributed by atoms with E-state index in [0.717, 1.165) is 11.1 Å². The number of aryl methyl sites for hydroxylation is 2. The van der Waals surface area contributed by atoms with E-state index in [1.165, 1.54) is 6.20 Å². The second-order valence-electron chi connectivity index (χ2n) is 4.34. The summed E-state index contributed by atoms with van der Waals surface area (Å²) in [6.07, 6.45) is 4.93. The Kier molecular flexibility index (Phi) is 3.91. The number of aromatic nitrogens is 3. The predicted octanol–water partition coefficient (Wildman–Crippen LogP) is 1.11. The Labute approximate surface area is 111 Å². The quantitative estimate of drug-likeness (QED) is 0.841. The van der Waals surface area contributed by atoms with Gasteiger partial charge < -0.3 is 10.4 Å². The lowest BCUT2D eigenvalue weighted by atomic mass is 10.1. The molecular weight excluding hydrogens is 244 g/mol. The third-order valence-electron chi connectivity index (χ3n) is 3.04. The molecule has 2 heterocycles. The molecule has 0 saturated heterocycles. The van der Waals surface area contributed by atoms with Gasteiger partial charge in [-0.2, -0.15) is 5.10 Å². The highest BCUT2D eigenvalue weighted by atomic mass is 16.4. The molecule has 100 valence electrons. The molecule has 0 aliphatic rings. The number of rotatable bonds is 5. The van der Waals surface area contributed by atoms with Gasteiger partial charge >= 0.3 is 5.97 Å². The van der Waals surface area contributed by atoms with Gasteiger partial charge in [0.05, 0.1) is 11.9 Å². The van der Waals surface area contributed by atoms with Crippen molar-refractivity contribution in [3.8, 4) is 0 Å². The Morgan fingerprint density at radius 1 is 1.42 bits per heavy atom. The molecule has 2 aromatic rings. The van der Waals surface area contributed by atoms with E-state index in [2.05, 4.69) is 15.4 Å². The molecule has 0 radical (unpaired) electrons. The highest BCUT2D eigenvalue weighted by Gasteiger charge is 2.14. The molecule has 2 rings (SSSR count). The standard InChI is InChI=1S/C13H16N4O2/c1-9-5-14-4-3-10(9)6-15-8-12-11(13(18)19)7-16-17(12)2/h3-5,7,15H,6,8H2,1-2H3,(H,18,19). The van der Waals surface area contributed by atoms with E-state index < -0.39 is 5.97 Å². The van der Waals surface area contributed by atoms with Crippen molar-refractivity contribution in [1.29, 1.82) is 0 Å². The zero-order chi connectivity index (χ0) is 13.8. The molecule has 2 N–H and O–H groups in total. The van der Waals surface area contributed by atoms with Gasteiger partial charge in [0, 0.05) is 32.5 Å². The lowest BCUT2D eigenvalue weighted by Gasteiger charge is -2.08. The summed E-state index contributed by atoms with van der Waals surface area (Å²) in [6, 6.07) is 1.95. The Hall–Kier alpha value is -2.21. The summed E-state index contributed by atoms with van der Waals surface area (Å²) in [4.78, 5) is 15.1. The maximum atomic E-state index is 11.0. The van der Waals surface area contributed by atoms with Crippen LogP contribution in [0.2, 0.25) is 0 Å². The molecule has 19 heavy (non-hydrogen) atoms. The molecule has 0 unspecified atom stereocenters. The minimum atomic E-state index is -0.954. The summed E-state index contributed by atoms with van der Waals surface area (Å²) in [5.41, 5.74) is 3.16. The number of hydrogen-bond donors (Lipinski definition) is 2. The Balaban J connectivity index is 2.02. The SMILES string of the molecule is Cc1cnccc1CNCc1c(C(=O)O)cnn1C. The van der Waals surface area contributed by atoms with Crippen molar-refractivity contribution in [2.75, 3.05) is 0 Å². The van der Waals surface area contributed by atoms with Crippen molar-refractivity contribution in [2.45, 2.75) is 20.0 Å². The van der Waals surface area contributed by atoms with E-state index in [-0.39, 0.29) is 5.56 Å². The van der Waals surface area contributed by atoms with Crippen LogP contribution < -0.4 is 5.32 Å². The van der Waals surface area contributed by atoms with Crippen LogP contribution in [-0.4, -0.2) is 25.8 Å². The molecule has 0 fully saturated rings. The largest absolute Gasteiger partial charge is 0.478 e. The first kappa shape index (κ1) is 13.2. The molecule has 0 amide bonds. The monoisotopic (exact) mass is 260 g/mol. The zero-order valence-electron chi connectivity index (χ0n) is 10.9. The molecule has 2 aromatic heterocycles. The fraction of sp³-hybridized carbons (Fsp3) is 0.308. The minimum Gasteiger partial charge on any atom is -0.478 e. The van der Waals surface area contributed by atoms with Crippen LogP contribution in [0.4, 0.5) is 0 Å². The molecule has 0 atom stereocenters. The third-order valence-corrected chi connectivity index (χ3v) is 3.04. The molecule has 0 aromatic carbocycles. The summed E-state index contributed by atoms with van der Waals surface area (Å²) in [5, 5.41) is 16.2. The zero-order valence-corrected chi connectivity index (χ0v) is 10.9. The van der Waals surface area contributed by atoms with E-state index in [9.17, 15) is 4.79 Å². The highest BCUT2D eigenvalue weighted by Crippen LogP contribution is 2.09. The van der Waals surface area contributed by atoms with E-state index in [0.29, 0.717) is 18.8 Å². The van der Waals surface area contributed by atoms with Crippen molar-refractivity contribution in [3.05, 3.63) is 47.0 Å². The summed E-state index contributed by atoms with van der Waals surface area (Å²) in [5.74, 6) is -0.954. The van der Waals surface area contributed by atoms with Crippen LogP contribution >= 0.6 is 0 Å². The highest BCUT2D eigenvalue weighted by molar-refractivity contribution is 5.88. The average molecular weight is 260 g/mol. The van der Waals surface area contributed by atoms with Gasteiger partial charge in [0.1, 0.15) is 5.56 Å². The lowest BCUT2D eigenvalue weighted by molar-refractivity contribution is 0.0695. The van der Waals surface area contributed by atoms with Crippen LogP contribution in [0.15, 0.2) is 24.7 Å². The number of aromatic carboxylic acids is 1. The van der Waals surface area contributed by atoms with Gasteiger partial charge in [-0.25, -0.2) is 4.79 Å². The Morgan fingerprint density at radius 2 is 2.21 bits per heavy atom. The number of pyridine rings is 1. The summed E-state index contributed by atoms with van der Waals surface area (Å²) in [7, 11) is 1.74. The Bertz CT molecular complexity index is 592. The number of carbonyl (C=O) groups is 1. The molecule has 6 heteroatoms. The van der Waals surface area contributed by atoms with E-state index in [4.69, 9.17) is 5.11 Å². The van der Waals surface area contributed by atoms with Crippen molar-refractivity contribution in [3.63, 3.8) is 0 Å². The van der Waals surface area contributed by atoms with Crippen molar-refractivity contribution < 1.29 is 9.90 Å². The topological polar surface area (TPSA) is 80.0 Å². The number of hydrogen-bond acceptors (Lipinski definition) is 4. The van der Waals surface area contributed by atoms with Crippen LogP contribution in [-0.2, 0) is 20.1 Å². The Morgan fingerprint density at radius 3 is 2.89 bits per heavy atom. The second-order valence-corrected chi connectivity index (χ2v) is 4.34. The molecule has 0 saturated carbocycles. The molecular formula is C13H16N4O2. The van der Waals surface area contributed by atoms with Gasteiger partial charge in [0.2, 0.25) is 0 Å². The summed E-state index contributed by atoms with van der Waals surface area (Å²) >= 11 is 0. The first-order valence-corrected chi connectivity index (χ1v) is 5.94. The van der Waals surface area contributed by atoms with Gasteiger partial charge in [0.15, 0.2) is 0 Å². The van der Waals surface area contributed by atoms with Gasteiger partial charge in [-0.05, 0) is 24.1 Å². The summed E-state index contributed by atoms with van der Waals surface area (Å²) in [6.45, 7) is 3.12. The third kappa shape index (κ3) is 2.97. The molecule has 0 bridgehead atoms. The lowest BCUT2D eigenvalue weighted by Crippen LogP contribution is -2.18. The van der Waals surface area contributed by atoms with Gasteiger partial charge in [-0.3, -0.25) is 9.67 Å². The first-order chi connectivity index (χ1) is 9.09. The van der Waals surface area contributed by atoms with Crippen LogP contribution in [0.3, 0.4) is 0 Å². The fourth-order valence-corrected chi connectivity index (χ4v) is 1.87. The molecule has 0 aliphatic heterocycles. The fourth-order valence-electron chi connectivity index (χ4n) is 1.87. The maximum absolute atomic E-state index is 11.0. The summed E-state index contributed by atoms with van der Waals surface area (Å²) < 4.78 is 1.58. The van der Waals surface area contributed by atoms with Crippen LogP contribution in [0, 0.1) is 6.92 Å². The molecule has 0 aliphatic carbocycles. The molecule has 0 spiro atoms. The van der Waals surface area contributed by atoms with Crippen molar-refractivity contribution in [1.82, 2.24) is 20.1 Å². The number of nitrogens with zero attached hydrogens (tertiary/aromatic N) is 3.